The summed E-state index contributed by atoms with van der Waals surface area (Å²) in [6, 6.07) is -2.16. The van der Waals surface area contributed by atoms with Crippen LogP contribution in [0.25, 0.3) is 0 Å². The minimum Gasteiger partial charge on any atom is -0.480 e. The summed E-state index contributed by atoms with van der Waals surface area (Å²) in [6.07, 6.45) is -0.328. The van der Waals surface area contributed by atoms with Crippen molar-refractivity contribution in [2.75, 3.05) is 0 Å². The molecule has 0 fully saturated rings. The SMILES string of the molecule is CC(C)(NC(=O)N[C@@H](CCC(N)=O)C(=O)O)C(N)=O. The van der Waals surface area contributed by atoms with Crippen LogP contribution in [0.4, 0.5) is 4.79 Å². The first-order valence-corrected chi connectivity index (χ1v) is 5.46. The van der Waals surface area contributed by atoms with E-state index < -0.39 is 35.4 Å². The molecule has 19 heavy (non-hydrogen) atoms. The van der Waals surface area contributed by atoms with Crippen molar-refractivity contribution in [2.45, 2.75) is 38.3 Å². The molecule has 0 aromatic heterocycles. The quantitative estimate of drug-likeness (QED) is 0.371. The fourth-order valence-corrected chi connectivity index (χ4v) is 1.08. The van der Waals surface area contributed by atoms with Crippen LogP contribution in [-0.2, 0) is 14.4 Å². The summed E-state index contributed by atoms with van der Waals surface area (Å²) < 4.78 is 0. The van der Waals surface area contributed by atoms with Crippen LogP contribution >= 0.6 is 0 Å². The Morgan fingerprint density at radius 1 is 1.21 bits per heavy atom. The molecule has 0 radical (unpaired) electrons. The zero-order chi connectivity index (χ0) is 15.2. The summed E-state index contributed by atoms with van der Waals surface area (Å²) in [6.45, 7) is 2.74. The predicted molar refractivity (Wildman–Crippen MR) is 64.8 cm³/mol. The van der Waals surface area contributed by atoms with Gasteiger partial charge in [0.2, 0.25) is 11.8 Å². The smallest absolute Gasteiger partial charge is 0.326 e. The molecule has 0 saturated heterocycles. The van der Waals surface area contributed by atoms with Crippen LogP contribution in [-0.4, -0.2) is 40.5 Å². The van der Waals surface area contributed by atoms with Crippen molar-refractivity contribution in [3.05, 3.63) is 0 Å². The third kappa shape index (κ3) is 6.24. The number of rotatable bonds is 7. The fourth-order valence-electron chi connectivity index (χ4n) is 1.08. The number of urea groups is 1. The fraction of sp³-hybridized carbons (Fsp3) is 0.600. The number of hydrogen-bond acceptors (Lipinski definition) is 4. The highest BCUT2D eigenvalue weighted by Crippen LogP contribution is 2.01. The van der Waals surface area contributed by atoms with Crippen molar-refractivity contribution in [3.8, 4) is 0 Å². The molecular formula is C10H18N4O5. The molecule has 0 rings (SSSR count). The third-order valence-corrected chi connectivity index (χ3v) is 2.32. The first kappa shape index (κ1) is 16.7. The maximum absolute atomic E-state index is 11.5. The van der Waals surface area contributed by atoms with Crippen molar-refractivity contribution in [1.82, 2.24) is 10.6 Å². The average molecular weight is 274 g/mol. The van der Waals surface area contributed by atoms with Gasteiger partial charge in [-0.2, -0.15) is 0 Å². The van der Waals surface area contributed by atoms with Crippen LogP contribution in [0.3, 0.4) is 0 Å². The van der Waals surface area contributed by atoms with Gasteiger partial charge in [-0.25, -0.2) is 9.59 Å². The molecule has 0 heterocycles. The van der Waals surface area contributed by atoms with Crippen molar-refractivity contribution in [3.63, 3.8) is 0 Å². The second-order valence-electron chi connectivity index (χ2n) is 4.48. The van der Waals surface area contributed by atoms with Crippen LogP contribution in [0, 0.1) is 0 Å². The molecule has 9 nitrogen and oxygen atoms in total. The predicted octanol–water partition coefficient (Wildman–Crippen LogP) is -1.73. The monoisotopic (exact) mass is 274 g/mol. The molecule has 1 atom stereocenters. The van der Waals surface area contributed by atoms with Crippen LogP contribution in [0.1, 0.15) is 26.7 Å². The number of primary amides is 2. The summed E-state index contributed by atoms with van der Waals surface area (Å²) in [7, 11) is 0. The van der Waals surface area contributed by atoms with Gasteiger partial charge in [-0.15, -0.1) is 0 Å². The van der Waals surface area contributed by atoms with Gasteiger partial charge in [0.1, 0.15) is 11.6 Å². The topological polar surface area (TPSA) is 165 Å². The van der Waals surface area contributed by atoms with E-state index in [0.29, 0.717) is 0 Å². The summed E-state index contributed by atoms with van der Waals surface area (Å²) in [5.74, 6) is -2.76. The van der Waals surface area contributed by atoms with Gasteiger partial charge in [0.15, 0.2) is 0 Å². The first-order valence-electron chi connectivity index (χ1n) is 5.46. The van der Waals surface area contributed by atoms with Crippen LogP contribution in [0.2, 0.25) is 0 Å². The van der Waals surface area contributed by atoms with E-state index in [0.717, 1.165) is 0 Å². The highest BCUT2D eigenvalue weighted by Gasteiger charge is 2.29. The van der Waals surface area contributed by atoms with E-state index in [4.69, 9.17) is 16.6 Å². The van der Waals surface area contributed by atoms with Crippen LogP contribution < -0.4 is 22.1 Å². The normalized spacial score (nSPS) is 12.3. The van der Waals surface area contributed by atoms with E-state index in [-0.39, 0.29) is 12.8 Å². The number of nitrogens with two attached hydrogens (primary N) is 2. The second kappa shape index (κ2) is 6.57. The van der Waals surface area contributed by atoms with Gasteiger partial charge in [0.05, 0.1) is 0 Å². The number of carboxylic acid groups (broad SMARTS) is 1. The molecule has 0 unspecified atom stereocenters. The van der Waals surface area contributed by atoms with E-state index in [1.54, 1.807) is 0 Å². The first-order chi connectivity index (χ1) is 8.56. The number of carbonyl (C=O) groups excluding carboxylic acids is 3. The average Bonchev–Trinajstić information content (AvgIpc) is 2.22. The second-order valence-corrected chi connectivity index (χ2v) is 4.48. The zero-order valence-corrected chi connectivity index (χ0v) is 10.7. The number of nitrogens with one attached hydrogen (secondary N) is 2. The van der Waals surface area contributed by atoms with Gasteiger partial charge in [-0.05, 0) is 20.3 Å². The lowest BCUT2D eigenvalue weighted by Gasteiger charge is -2.23. The molecule has 108 valence electrons. The Kier molecular flexibility index (Phi) is 5.77. The lowest BCUT2D eigenvalue weighted by atomic mass is 10.1. The van der Waals surface area contributed by atoms with E-state index in [1.807, 2.05) is 0 Å². The van der Waals surface area contributed by atoms with Gasteiger partial charge in [0, 0.05) is 6.42 Å². The Morgan fingerprint density at radius 3 is 2.11 bits per heavy atom. The molecule has 9 heteroatoms. The molecule has 0 aromatic rings. The summed E-state index contributed by atoms with van der Waals surface area (Å²) in [4.78, 5) is 43.9. The Bertz CT molecular complexity index is 393. The maximum Gasteiger partial charge on any atom is 0.326 e. The summed E-state index contributed by atoms with van der Waals surface area (Å²) in [5.41, 5.74) is 8.62. The lowest BCUT2D eigenvalue weighted by Crippen LogP contribution is -2.58. The van der Waals surface area contributed by atoms with Crippen LogP contribution in [0.5, 0.6) is 0 Å². The molecule has 0 aliphatic rings. The molecule has 0 aliphatic heterocycles. The summed E-state index contributed by atoms with van der Waals surface area (Å²) in [5, 5.41) is 13.2. The van der Waals surface area contributed by atoms with E-state index >= 15 is 0 Å². The van der Waals surface area contributed by atoms with Gasteiger partial charge < -0.3 is 27.2 Å². The highest BCUT2D eigenvalue weighted by molar-refractivity contribution is 5.90. The molecule has 0 bridgehead atoms. The zero-order valence-electron chi connectivity index (χ0n) is 10.7. The van der Waals surface area contributed by atoms with Gasteiger partial charge in [-0.1, -0.05) is 0 Å². The van der Waals surface area contributed by atoms with Crippen molar-refractivity contribution < 1.29 is 24.3 Å². The van der Waals surface area contributed by atoms with Gasteiger partial charge in [0.25, 0.3) is 0 Å². The highest BCUT2D eigenvalue weighted by atomic mass is 16.4. The van der Waals surface area contributed by atoms with Crippen LogP contribution in [0.15, 0.2) is 0 Å². The maximum atomic E-state index is 11.5. The molecular weight excluding hydrogens is 256 g/mol. The summed E-state index contributed by atoms with van der Waals surface area (Å²) >= 11 is 0. The Hall–Kier alpha value is -2.32. The van der Waals surface area contributed by atoms with Gasteiger partial charge in [-0.3, -0.25) is 9.59 Å². The number of hydrogen-bond donors (Lipinski definition) is 5. The Labute approximate surface area is 109 Å². The number of aliphatic carboxylic acids is 1. The Morgan fingerprint density at radius 2 is 1.74 bits per heavy atom. The van der Waals surface area contributed by atoms with Crippen molar-refractivity contribution in [1.29, 1.82) is 0 Å². The van der Waals surface area contributed by atoms with Crippen molar-refractivity contribution in [2.24, 2.45) is 11.5 Å². The molecule has 0 saturated carbocycles. The van der Waals surface area contributed by atoms with E-state index in [9.17, 15) is 19.2 Å². The standard InChI is InChI=1S/C10H18N4O5/c1-10(2,8(12)18)14-9(19)13-5(7(16)17)3-4-6(11)15/h5H,3-4H2,1-2H3,(H2,11,15)(H2,12,18)(H,16,17)(H2,13,14,19)/t5-/m0/s1. The third-order valence-electron chi connectivity index (χ3n) is 2.32. The largest absolute Gasteiger partial charge is 0.480 e. The molecule has 0 aromatic carbocycles. The van der Waals surface area contributed by atoms with E-state index in [1.165, 1.54) is 13.8 Å². The minimum absolute atomic E-state index is 0.144. The van der Waals surface area contributed by atoms with Crippen molar-refractivity contribution >= 4 is 23.8 Å². The molecule has 4 amide bonds. The molecule has 0 spiro atoms. The van der Waals surface area contributed by atoms with E-state index in [2.05, 4.69) is 10.6 Å². The molecule has 7 N–H and O–H groups in total. The number of carboxylic acids is 1. The number of carbonyl (C=O) groups is 4. The molecule has 0 aliphatic carbocycles. The number of amides is 4. The minimum atomic E-state index is -1.32. The lowest BCUT2D eigenvalue weighted by molar-refractivity contribution is -0.139. The Balaban J connectivity index is 4.52. The van der Waals surface area contributed by atoms with Gasteiger partial charge >= 0.3 is 12.0 Å².